The molecular formula is C20H25N5O3. The van der Waals surface area contributed by atoms with Gasteiger partial charge in [-0.15, -0.1) is 0 Å². The summed E-state index contributed by atoms with van der Waals surface area (Å²) in [6, 6.07) is 7.49. The third-order valence-corrected chi connectivity index (χ3v) is 4.30. The number of nitrogens with one attached hydrogen (secondary N) is 1. The molecule has 1 aromatic carbocycles. The molecule has 1 N–H and O–H groups in total. The Labute approximate surface area is 164 Å². The van der Waals surface area contributed by atoms with Crippen molar-refractivity contribution in [2.45, 2.75) is 26.4 Å². The van der Waals surface area contributed by atoms with Gasteiger partial charge in [0.05, 0.1) is 0 Å². The van der Waals surface area contributed by atoms with Crippen molar-refractivity contribution in [2.75, 3.05) is 36.4 Å². The number of aromatic nitrogens is 2. The number of nitrogens with zero attached hydrogens (tertiary/aromatic N) is 4. The van der Waals surface area contributed by atoms with Crippen molar-refractivity contribution in [3.63, 3.8) is 0 Å². The second-order valence-electron chi connectivity index (χ2n) is 7.53. The van der Waals surface area contributed by atoms with E-state index in [9.17, 15) is 9.59 Å². The Morgan fingerprint density at radius 3 is 2.36 bits per heavy atom. The van der Waals surface area contributed by atoms with Crippen molar-refractivity contribution >= 4 is 24.1 Å². The van der Waals surface area contributed by atoms with Crippen LogP contribution in [0, 0.1) is 0 Å². The van der Waals surface area contributed by atoms with Gasteiger partial charge in [0.1, 0.15) is 5.60 Å². The lowest BCUT2D eigenvalue weighted by Gasteiger charge is -2.35. The van der Waals surface area contributed by atoms with Gasteiger partial charge in [0, 0.05) is 55.4 Å². The van der Waals surface area contributed by atoms with Crippen LogP contribution in [0.15, 0.2) is 36.7 Å². The van der Waals surface area contributed by atoms with E-state index in [1.165, 1.54) is 0 Å². The van der Waals surface area contributed by atoms with Gasteiger partial charge in [-0.3, -0.25) is 4.79 Å². The normalized spacial score (nSPS) is 14.5. The topological polar surface area (TPSA) is 87.7 Å². The van der Waals surface area contributed by atoms with Crippen molar-refractivity contribution in [3.8, 4) is 11.1 Å². The molecule has 1 aliphatic heterocycles. The molecule has 2 amide bonds. The van der Waals surface area contributed by atoms with Gasteiger partial charge >= 0.3 is 6.09 Å². The summed E-state index contributed by atoms with van der Waals surface area (Å²) in [5.74, 6) is 0.619. The van der Waals surface area contributed by atoms with Crippen LogP contribution in [-0.4, -0.2) is 59.2 Å². The first-order valence-corrected chi connectivity index (χ1v) is 9.22. The highest BCUT2D eigenvalue weighted by atomic mass is 16.6. The first kappa shape index (κ1) is 19.6. The Bertz CT molecular complexity index is 824. The second-order valence-corrected chi connectivity index (χ2v) is 7.53. The fourth-order valence-corrected chi connectivity index (χ4v) is 2.96. The van der Waals surface area contributed by atoms with E-state index in [2.05, 4.69) is 15.3 Å². The van der Waals surface area contributed by atoms with Gasteiger partial charge in [0.25, 0.3) is 0 Å². The minimum absolute atomic E-state index is 0.289. The van der Waals surface area contributed by atoms with E-state index in [1.54, 1.807) is 17.3 Å². The van der Waals surface area contributed by atoms with Crippen molar-refractivity contribution < 1.29 is 14.3 Å². The molecule has 8 heteroatoms. The van der Waals surface area contributed by atoms with E-state index < -0.39 is 5.60 Å². The summed E-state index contributed by atoms with van der Waals surface area (Å²) >= 11 is 0. The maximum Gasteiger partial charge on any atom is 0.410 e. The number of carbonyl (C=O) groups excluding carboxylic acids is 2. The number of carbonyl (C=O) groups is 2. The zero-order valence-electron chi connectivity index (χ0n) is 16.4. The van der Waals surface area contributed by atoms with Crippen LogP contribution in [0.3, 0.4) is 0 Å². The van der Waals surface area contributed by atoms with E-state index in [1.807, 2.05) is 49.9 Å². The summed E-state index contributed by atoms with van der Waals surface area (Å²) in [5, 5.41) is 2.69. The molecular weight excluding hydrogens is 358 g/mol. The SMILES string of the molecule is CC(C)(C)OC(=O)N1CCN(c2ncc(-c3ccccc3NC=O)cn2)CC1. The van der Waals surface area contributed by atoms with Crippen LogP contribution in [0.2, 0.25) is 0 Å². The van der Waals surface area contributed by atoms with E-state index in [-0.39, 0.29) is 6.09 Å². The molecule has 2 heterocycles. The van der Waals surface area contributed by atoms with E-state index in [0.717, 1.165) is 11.1 Å². The summed E-state index contributed by atoms with van der Waals surface area (Å²) in [6.07, 6.45) is 3.85. The Morgan fingerprint density at radius 1 is 1.11 bits per heavy atom. The largest absolute Gasteiger partial charge is 0.444 e. The number of para-hydroxylation sites is 1. The molecule has 1 aromatic heterocycles. The predicted octanol–water partition coefficient (Wildman–Crippen LogP) is 2.77. The Balaban J connectivity index is 1.64. The fraction of sp³-hybridized carbons (Fsp3) is 0.400. The molecule has 0 saturated carbocycles. The summed E-state index contributed by atoms with van der Waals surface area (Å²) in [5.41, 5.74) is 1.89. The van der Waals surface area contributed by atoms with Gasteiger partial charge in [0.2, 0.25) is 12.4 Å². The number of amides is 2. The maximum absolute atomic E-state index is 12.2. The fourth-order valence-electron chi connectivity index (χ4n) is 2.96. The molecule has 0 spiro atoms. The Hall–Kier alpha value is -3.16. The summed E-state index contributed by atoms with van der Waals surface area (Å²) in [4.78, 5) is 35.6. The highest BCUT2D eigenvalue weighted by Gasteiger charge is 2.26. The highest BCUT2D eigenvalue weighted by Crippen LogP contribution is 2.27. The molecule has 1 fully saturated rings. The van der Waals surface area contributed by atoms with E-state index in [0.29, 0.717) is 44.2 Å². The third kappa shape index (κ3) is 4.76. The van der Waals surface area contributed by atoms with Crippen LogP contribution in [0.4, 0.5) is 16.4 Å². The second kappa shape index (κ2) is 8.24. The van der Waals surface area contributed by atoms with Crippen LogP contribution in [0.1, 0.15) is 20.8 Å². The van der Waals surface area contributed by atoms with E-state index in [4.69, 9.17) is 4.74 Å². The van der Waals surface area contributed by atoms with E-state index >= 15 is 0 Å². The van der Waals surface area contributed by atoms with Gasteiger partial charge in [-0.25, -0.2) is 14.8 Å². The van der Waals surface area contributed by atoms with Crippen LogP contribution in [0.5, 0.6) is 0 Å². The quantitative estimate of drug-likeness (QED) is 0.817. The number of hydrogen-bond acceptors (Lipinski definition) is 6. The van der Waals surface area contributed by atoms with Gasteiger partial charge in [-0.2, -0.15) is 0 Å². The summed E-state index contributed by atoms with van der Waals surface area (Å²) in [6.45, 7) is 7.99. The molecule has 0 unspecified atom stereocenters. The van der Waals surface area contributed by atoms with Gasteiger partial charge in [-0.1, -0.05) is 18.2 Å². The summed E-state index contributed by atoms with van der Waals surface area (Å²) in [7, 11) is 0. The molecule has 8 nitrogen and oxygen atoms in total. The predicted molar refractivity (Wildman–Crippen MR) is 107 cm³/mol. The molecule has 2 aromatic rings. The standard InChI is InChI=1S/C20H25N5O3/c1-20(2,3)28-19(27)25-10-8-24(9-11-25)18-21-12-15(13-22-18)16-6-4-5-7-17(16)23-14-26/h4-7,12-14H,8-11H2,1-3H3,(H,23,26). The van der Waals surface area contributed by atoms with Crippen molar-refractivity contribution in [1.82, 2.24) is 14.9 Å². The molecule has 0 bridgehead atoms. The maximum atomic E-state index is 12.2. The number of anilines is 2. The first-order valence-electron chi connectivity index (χ1n) is 9.22. The highest BCUT2D eigenvalue weighted by molar-refractivity contribution is 5.84. The first-order chi connectivity index (χ1) is 13.4. The molecule has 1 saturated heterocycles. The van der Waals surface area contributed by atoms with Gasteiger partial charge in [-0.05, 0) is 26.8 Å². The molecule has 148 valence electrons. The zero-order chi connectivity index (χ0) is 20.1. The van der Waals surface area contributed by atoms with Crippen LogP contribution in [0.25, 0.3) is 11.1 Å². The minimum Gasteiger partial charge on any atom is -0.444 e. The zero-order valence-corrected chi connectivity index (χ0v) is 16.4. The number of benzene rings is 1. The van der Waals surface area contributed by atoms with Gasteiger partial charge < -0.3 is 19.9 Å². The summed E-state index contributed by atoms with van der Waals surface area (Å²) < 4.78 is 5.42. The smallest absolute Gasteiger partial charge is 0.410 e. The lowest BCUT2D eigenvalue weighted by Crippen LogP contribution is -2.50. The number of hydrogen-bond donors (Lipinski definition) is 1. The molecule has 28 heavy (non-hydrogen) atoms. The monoisotopic (exact) mass is 383 g/mol. The van der Waals surface area contributed by atoms with Crippen LogP contribution >= 0.6 is 0 Å². The number of rotatable bonds is 4. The molecule has 0 aliphatic carbocycles. The lowest BCUT2D eigenvalue weighted by atomic mass is 10.1. The number of piperazine rings is 1. The molecule has 0 atom stereocenters. The number of ether oxygens (including phenoxy) is 1. The Kier molecular flexibility index (Phi) is 5.77. The molecule has 0 radical (unpaired) electrons. The van der Waals surface area contributed by atoms with Crippen LogP contribution in [-0.2, 0) is 9.53 Å². The minimum atomic E-state index is -0.498. The lowest BCUT2D eigenvalue weighted by molar-refractivity contribution is -0.105. The average Bonchev–Trinajstić information content (AvgIpc) is 2.68. The van der Waals surface area contributed by atoms with Crippen molar-refractivity contribution in [2.24, 2.45) is 0 Å². The van der Waals surface area contributed by atoms with Gasteiger partial charge in [0.15, 0.2) is 0 Å². The molecule has 1 aliphatic rings. The Morgan fingerprint density at radius 2 is 1.75 bits per heavy atom. The van der Waals surface area contributed by atoms with Crippen molar-refractivity contribution in [3.05, 3.63) is 36.7 Å². The van der Waals surface area contributed by atoms with Crippen LogP contribution < -0.4 is 10.2 Å². The molecule has 3 rings (SSSR count). The average molecular weight is 383 g/mol. The van der Waals surface area contributed by atoms with Crippen molar-refractivity contribution in [1.29, 1.82) is 0 Å². The third-order valence-electron chi connectivity index (χ3n) is 4.30.